The van der Waals surface area contributed by atoms with Crippen LogP contribution in [0.1, 0.15) is 5.76 Å². The number of nitrogens with one attached hydrogen (secondary N) is 2. The smallest absolute Gasteiger partial charge is 0.250 e. The van der Waals surface area contributed by atoms with Crippen molar-refractivity contribution in [2.24, 2.45) is 0 Å². The quantitative estimate of drug-likeness (QED) is 0.383. The Bertz CT molecular complexity index is 1060. The minimum Gasteiger partial charge on any atom is -0.495 e. The first kappa shape index (κ1) is 20.9. The van der Waals surface area contributed by atoms with E-state index in [-0.39, 0.29) is 5.11 Å². The maximum atomic E-state index is 12.1. The Labute approximate surface area is 183 Å². The van der Waals surface area contributed by atoms with Crippen LogP contribution in [0.2, 0.25) is 10.0 Å². The van der Waals surface area contributed by atoms with Crippen molar-refractivity contribution in [2.45, 2.75) is 0 Å². The molecule has 3 rings (SSSR count). The van der Waals surface area contributed by atoms with Crippen LogP contribution in [0, 0.1) is 0 Å². The highest BCUT2D eigenvalue weighted by Gasteiger charge is 2.08. The molecule has 0 radical (unpaired) electrons. The number of amides is 1. The molecule has 0 saturated carbocycles. The number of benzene rings is 2. The van der Waals surface area contributed by atoms with Crippen LogP contribution in [0.3, 0.4) is 0 Å². The SMILES string of the molecule is COc1ccc(Cl)cc1NC(=S)NC(=O)C=Cc1ccc(-c2ccc(Cl)cc2)o1. The summed E-state index contributed by atoms with van der Waals surface area (Å²) in [6.07, 6.45) is 2.88. The van der Waals surface area contributed by atoms with Gasteiger partial charge >= 0.3 is 0 Å². The van der Waals surface area contributed by atoms with Crippen molar-refractivity contribution in [3.8, 4) is 17.1 Å². The van der Waals surface area contributed by atoms with Crippen LogP contribution in [0.4, 0.5) is 5.69 Å². The number of hydrogen-bond donors (Lipinski definition) is 2. The van der Waals surface area contributed by atoms with Gasteiger partial charge in [-0.2, -0.15) is 0 Å². The summed E-state index contributed by atoms with van der Waals surface area (Å²) >= 11 is 17.0. The fourth-order valence-corrected chi connectivity index (χ4v) is 2.96. The van der Waals surface area contributed by atoms with Crippen LogP contribution in [0.25, 0.3) is 17.4 Å². The largest absolute Gasteiger partial charge is 0.495 e. The number of methoxy groups -OCH3 is 1. The summed E-state index contributed by atoms with van der Waals surface area (Å²) in [5.41, 5.74) is 1.44. The topological polar surface area (TPSA) is 63.5 Å². The number of ether oxygens (including phenoxy) is 1. The first-order valence-electron chi connectivity index (χ1n) is 8.44. The van der Waals surface area contributed by atoms with Crippen molar-refractivity contribution in [3.63, 3.8) is 0 Å². The van der Waals surface area contributed by atoms with Gasteiger partial charge in [0.15, 0.2) is 5.11 Å². The standard InChI is InChI=1S/C21H16Cl2N2O3S/c1-27-19-9-6-15(23)12-17(19)24-21(29)25-20(26)11-8-16-7-10-18(28-16)13-2-4-14(22)5-3-13/h2-12H,1H3,(H2,24,25,26,29). The Morgan fingerprint density at radius 3 is 2.52 bits per heavy atom. The molecule has 8 heteroatoms. The normalized spacial score (nSPS) is 10.7. The predicted molar refractivity (Wildman–Crippen MR) is 121 cm³/mol. The van der Waals surface area contributed by atoms with E-state index < -0.39 is 5.91 Å². The maximum absolute atomic E-state index is 12.1. The van der Waals surface area contributed by atoms with E-state index in [0.717, 1.165) is 5.56 Å². The molecule has 1 aromatic heterocycles. The molecule has 0 spiro atoms. The van der Waals surface area contributed by atoms with Crippen molar-refractivity contribution in [1.29, 1.82) is 0 Å². The van der Waals surface area contributed by atoms with Crippen molar-refractivity contribution in [3.05, 3.63) is 76.5 Å². The van der Waals surface area contributed by atoms with Gasteiger partial charge in [-0.05, 0) is 72.9 Å². The zero-order valence-electron chi connectivity index (χ0n) is 15.2. The molecule has 0 aliphatic rings. The van der Waals surface area contributed by atoms with Gasteiger partial charge < -0.3 is 14.5 Å². The van der Waals surface area contributed by atoms with Crippen molar-refractivity contribution < 1.29 is 13.9 Å². The second-order valence-corrected chi connectivity index (χ2v) is 7.11. The molecule has 0 aliphatic heterocycles. The summed E-state index contributed by atoms with van der Waals surface area (Å²) in [6, 6.07) is 15.9. The molecule has 0 aliphatic carbocycles. The summed E-state index contributed by atoms with van der Waals surface area (Å²) in [4.78, 5) is 12.1. The lowest BCUT2D eigenvalue weighted by Gasteiger charge is -2.12. The minimum atomic E-state index is -0.409. The lowest BCUT2D eigenvalue weighted by atomic mass is 10.2. The van der Waals surface area contributed by atoms with Crippen molar-refractivity contribution >= 4 is 58.2 Å². The number of carbonyl (C=O) groups is 1. The summed E-state index contributed by atoms with van der Waals surface area (Å²) in [7, 11) is 1.53. The average Bonchev–Trinajstić information content (AvgIpc) is 3.16. The molecule has 2 aromatic carbocycles. The van der Waals surface area contributed by atoms with E-state index in [1.807, 2.05) is 18.2 Å². The Morgan fingerprint density at radius 2 is 1.79 bits per heavy atom. The highest BCUT2D eigenvalue weighted by atomic mass is 35.5. The lowest BCUT2D eigenvalue weighted by Crippen LogP contribution is -2.32. The van der Waals surface area contributed by atoms with Gasteiger partial charge in [0.1, 0.15) is 17.3 Å². The molecular weight excluding hydrogens is 431 g/mol. The number of thiocarbonyl (C=S) groups is 1. The highest BCUT2D eigenvalue weighted by molar-refractivity contribution is 7.80. The second kappa shape index (κ2) is 9.60. The maximum Gasteiger partial charge on any atom is 0.250 e. The summed E-state index contributed by atoms with van der Waals surface area (Å²) in [5.74, 6) is 1.34. The molecule has 0 saturated heterocycles. The van der Waals surface area contributed by atoms with Gasteiger partial charge in [-0.3, -0.25) is 10.1 Å². The Hall–Kier alpha value is -2.80. The van der Waals surface area contributed by atoms with Crippen LogP contribution in [-0.2, 0) is 4.79 Å². The first-order chi connectivity index (χ1) is 13.9. The van der Waals surface area contributed by atoms with E-state index in [1.54, 1.807) is 42.5 Å². The number of rotatable bonds is 5. The molecular formula is C21H16Cl2N2O3S. The predicted octanol–water partition coefficient (Wildman–Crippen LogP) is 5.79. The monoisotopic (exact) mass is 446 g/mol. The molecule has 0 bridgehead atoms. The van der Waals surface area contributed by atoms with Crippen LogP contribution < -0.4 is 15.4 Å². The first-order valence-corrected chi connectivity index (χ1v) is 9.60. The molecule has 0 atom stereocenters. The van der Waals surface area contributed by atoms with E-state index in [2.05, 4.69) is 10.6 Å². The Balaban J connectivity index is 1.59. The van der Waals surface area contributed by atoms with Crippen molar-refractivity contribution in [2.75, 3.05) is 12.4 Å². The molecule has 3 aromatic rings. The van der Waals surface area contributed by atoms with Crippen LogP contribution in [0.5, 0.6) is 5.75 Å². The second-order valence-electron chi connectivity index (χ2n) is 5.83. The van der Waals surface area contributed by atoms with Crippen LogP contribution in [-0.4, -0.2) is 18.1 Å². The molecule has 1 amide bonds. The molecule has 148 valence electrons. The fraction of sp³-hybridized carbons (Fsp3) is 0.0476. The number of anilines is 1. The third-order valence-electron chi connectivity index (χ3n) is 3.80. The summed E-state index contributed by atoms with van der Waals surface area (Å²) in [5, 5.41) is 6.71. The number of hydrogen-bond acceptors (Lipinski definition) is 4. The van der Waals surface area contributed by atoms with Crippen LogP contribution in [0.15, 0.2) is 65.1 Å². The van der Waals surface area contributed by atoms with E-state index >= 15 is 0 Å². The highest BCUT2D eigenvalue weighted by Crippen LogP contribution is 2.27. The zero-order chi connectivity index (χ0) is 20.8. The van der Waals surface area contributed by atoms with Gasteiger partial charge in [0.05, 0.1) is 12.8 Å². The van der Waals surface area contributed by atoms with E-state index in [4.69, 9.17) is 44.6 Å². The van der Waals surface area contributed by atoms with Gasteiger partial charge in [-0.15, -0.1) is 0 Å². The van der Waals surface area contributed by atoms with E-state index in [0.29, 0.717) is 33.0 Å². The van der Waals surface area contributed by atoms with E-state index in [9.17, 15) is 4.79 Å². The summed E-state index contributed by atoms with van der Waals surface area (Å²) in [6.45, 7) is 0. The van der Waals surface area contributed by atoms with Gasteiger partial charge in [-0.25, -0.2) is 0 Å². The molecule has 1 heterocycles. The third kappa shape index (κ3) is 5.84. The number of furan rings is 1. The zero-order valence-corrected chi connectivity index (χ0v) is 17.6. The van der Waals surface area contributed by atoms with Gasteiger partial charge in [0.2, 0.25) is 5.91 Å². The summed E-state index contributed by atoms with van der Waals surface area (Å²) < 4.78 is 10.9. The third-order valence-corrected chi connectivity index (χ3v) is 4.49. The number of carbonyl (C=O) groups excluding carboxylic acids is 1. The fourth-order valence-electron chi connectivity index (χ4n) is 2.45. The Morgan fingerprint density at radius 1 is 1.07 bits per heavy atom. The van der Waals surface area contributed by atoms with Gasteiger partial charge in [-0.1, -0.05) is 23.2 Å². The van der Waals surface area contributed by atoms with E-state index in [1.165, 1.54) is 13.2 Å². The Kier molecular flexibility index (Phi) is 6.93. The van der Waals surface area contributed by atoms with Crippen LogP contribution >= 0.6 is 35.4 Å². The van der Waals surface area contributed by atoms with Gasteiger partial charge in [0, 0.05) is 21.7 Å². The molecule has 0 fully saturated rings. The number of halogens is 2. The molecule has 29 heavy (non-hydrogen) atoms. The molecule has 5 nitrogen and oxygen atoms in total. The lowest BCUT2D eigenvalue weighted by molar-refractivity contribution is -0.115. The molecule has 0 unspecified atom stereocenters. The average molecular weight is 447 g/mol. The minimum absolute atomic E-state index is 0.113. The van der Waals surface area contributed by atoms with Crippen molar-refractivity contribution in [1.82, 2.24) is 5.32 Å². The van der Waals surface area contributed by atoms with Gasteiger partial charge in [0.25, 0.3) is 0 Å². The molecule has 2 N–H and O–H groups in total.